The van der Waals surface area contributed by atoms with Gasteiger partial charge in [-0.1, -0.05) is 24.0 Å². The van der Waals surface area contributed by atoms with Gasteiger partial charge in [-0.2, -0.15) is 13.2 Å². The number of carbonyl (C=O) groups excluding carboxylic acids is 1. The molecule has 0 bridgehead atoms. The van der Waals surface area contributed by atoms with Gasteiger partial charge in [-0.25, -0.2) is 4.98 Å². The number of anilines is 1. The average Bonchev–Trinajstić information content (AvgIpc) is 3.22. The van der Waals surface area contributed by atoms with Crippen molar-refractivity contribution in [2.45, 2.75) is 37.5 Å². The van der Waals surface area contributed by atoms with Gasteiger partial charge in [0, 0.05) is 55.4 Å². The third-order valence-corrected chi connectivity index (χ3v) is 5.84. The fourth-order valence-electron chi connectivity index (χ4n) is 3.81. The van der Waals surface area contributed by atoms with E-state index in [1.54, 1.807) is 24.4 Å². The van der Waals surface area contributed by atoms with Crippen molar-refractivity contribution in [1.82, 2.24) is 14.3 Å². The van der Waals surface area contributed by atoms with Crippen molar-refractivity contribution in [2.24, 2.45) is 0 Å². The number of hydrogen-bond donors (Lipinski definition) is 2. The largest absolute Gasteiger partial charge is 0.389 e. The summed E-state index contributed by atoms with van der Waals surface area (Å²) in [7, 11) is 2.02. The van der Waals surface area contributed by atoms with Crippen LogP contribution in [-0.2, 0) is 4.79 Å². The number of aromatic nitrogens is 2. The van der Waals surface area contributed by atoms with Crippen molar-refractivity contribution in [3.8, 4) is 23.1 Å². The zero-order valence-corrected chi connectivity index (χ0v) is 18.7. The molecule has 0 spiro atoms. The van der Waals surface area contributed by atoms with Crippen LogP contribution in [0.5, 0.6) is 0 Å². The van der Waals surface area contributed by atoms with Crippen LogP contribution in [0.1, 0.15) is 31.2 Å². The Bertz CT molecular complexity index is 1250. The quantitative estimate of drug-likeness (QED) is 0.564. The van der Waals surface area contributed by atoms with Crippen LogP contribution in [0.4, 0.5) is 18.9 Å². The number of nitrogens with zero attached hydrogens (tertiary/aromatic N) is 3. The average molecular weight is 470 g/mol. The lowest BCUT2D eigenvalue weighted by Gasteiger charge is -2.32. The van der Waals surface area contributed by atoms with Gasteiger partial charge >= 0.3 is 6.18 Å². The highest BCUT2D eigenvalue weighted by Crippen LogP contribution is 2.26. The van der Waals surface area contributed by atoms with Crippen molar-refractivity contribution in [2.75, 3.05) is 25.5 Å². The number of pyridine rings is 1. The maximum atomic E-state index is 12.3. The number of alkyl halides is 3. The highest BCUT2D eigenvalue weighted by Gasteiger charge is 2.29. The van der Waals surface area contributed by atoms with E-state index < -0.39 is 30.5 Å². The van der Waals surface area contributed by atoms with E-state index in [0.29, 0.717) is 24.2 Å². The zero-order chi connectivity index (χ0) is 24.3. The number of hydrogen-bond acceptors (Lipinski definition) is 4. The van der Waals surface area contributed by atoms with E-state index in [2.05, 4.69) is 27.0 Å². The number of benzene rings is 1. The summed E-state index contributed by atoms with van der Waals surface area (Å²) >= 11 is 0. The standard InChI is InChI=1S/C25H25F3N4O2/c1-31-13-10-24(34,11-14-31)8-5-18-7-12-32-21(17-29-22(32)15-18)19-3-2-4-20(16-19)30-23(33)6-9-25(26,27)28/h2-4,7,12,15-17,34H,6,9-11,13-14H2,1H3,(H,30,33). The summed E-state index contributed by atoms with van der Waals surface area (Å²) in [6, 6.07) is 10.5. The molecule has 2 N–H and O–H groups in total. The zero-order valence-electron chi connectivity index (χ0n) is 18.7. The van der Waals surface area contributed by atoms with Crippen molar-refractivity contribution < 1.29 is 23.1 Å². The number of amides is 1. The van der Waals surface area contributed by atoms with E-state index >= 15 is 0 Å². The number of likely N-dealkylation sites (tertiary alicyclic amines) is 1. The van der Waals surface area contributed by atoms with E-state index in [1.165, 1.54) is 0 Å². The van der Waals surface area contributed by atoms with Crippen molar-refractivity contribution >= 4 is 17.2 Å². The number of carbonyl (C=O) groups is 1. The topological polar surface area (TPSA) is 69.9 Å². The van der Waals surface area contributed by atoms with Gasteiger partial charge in [-0.15, -0.1) is 0 Å². The second-order valence-corrected chi connectivity index (χ2v) is 8.62. The lowest BCUT2D eigenvalue weighted by molar-refractivity contribution is -0.142. The molecule has 0 aliphatic carbocycles. The van der Waals surface area contributed by atoms with E-state index in [1.807, 2.05) is 35.8 Å². The monoisotopic (exact) mass is 470 g/mol. The molecule has 1 aromatic carbocycles. The molecule has 1 amide bonds. The molecular weight excluding hydrogens is 445 g/mol. The Hall–Kier alpha value is -3.35. The molecule has 4 rings (SSSR count). The Kier molecular flexibility index (Phi) is 6.64. The van der Waals surface area contributed by atoms with Gasteiger partial charge in [0.1, 0.15) is 11.2 Å². The summed E-state index contributed by atoms with van der Waals surface area (Å²) in [5.41, 5.74) is 2.34. The number of piperidine rings is 1. The first-order valence-corrected chi connectivity index (χ1v) is 11.0. The Morgan fingerprint density at radius 3 is 2.74 bits per heavy atom. The Labute approximate surface area is 195 Å². The molecule has 1 aliphatic heterocycles. The van der Waals surface area contributed by atoms with Gasteiger partial charge in [-0.3, -0.25) is 9.20 Å². The normalized spacial score (nSPS) is 16.1. The number of nitrogens with one attached hydrogen (secondary N) is 1. The first-order valence-electron chi connectivity index (χ1n) is 11.0. The van der Waals surface area contributed by atoms with Crippen molar-refractivity contribution in [3.63, 3.8) is 0 Å². The molecule has 34 heavy (non-hydrogen) atoms. The highest BCUT2D eigenvalue weighted by atomic mass is 19.4. The molecule has 0 unspecified atom stereocenters. The van der Waals surface area contributed by atoms with Crippen LogP contribution in [-0.4, -0.2) is 57.2 Å². The van der Waals surface area contributed by atoms with Crippen LogP contribution in [0, 0.1) is 11.8 Å². The Balaban J connectivity index is 1.50. The van der Waals surface area contributed by atoms with Gasteiger partial charge in [0.25, 0.3) is 0 Å². The Morgan fingerprint density at radius 2 is 2.00 bits per heavy atom. The van der Waals surface area contributed by atoms with Crippen LogP contribution in [0.15, 0.2) is 48.8 Å². The number of aliphatic hydroxyl groups is 1. The summed E-state index contributed by atoms with van der Waals surface area (Å²) < 4.78 is 38.9. The van der Waals surface area contributed by atoms with Crippen LogP contribution >= 0.6 is 0 Å². The maximum Gasteiger partial charge on any atom is 0.389 e. The molecule has 1 aliphatic rings. The number of rotatable bonds is 4. The molecule has 3 aromatic rings. The lowest BCUT2D eigenvalue weighted by atomic mass is 9.92. The Morgan fingerprint density at radius 1 is 1.24 bits per heavy atom. The molecular formula is C25H25F3N4O2. The molecule has 0 saturated carbocycles. The first kappa shape index (κ1) is 23.8. The number of halogens is 3. The second kappa shape index (κ2) is 9.49. The van der Waals surface area contributed by atoms with E-state index in [9.17, 15) is 23.1 Å². The smallest absolute Gasteiger partial charge is 0.377 e. The first-order chi connectivity index (χ1) is 16.1. The molecule has 1 fully saturated rings. The molecule has 6 nitrogen and oxygen atoms in total. The summed E-state index contributed by atoms with van der Waals surface area (Å²) in [6.45, 7) is 1.60. The molecule has 1 saturated heterocycles. The molecule has 2 aromatic heterocycles. The summed E-state index contributed by atoms with van der Waals surface area (Å²) in [4.78, 5) is 18.5. The fraction of sp³-hybridized carbons (Fsp3) is 0.360. The van der Waals surface area contributed by atoms with Gasteiger partial charge < -0.3 is 15.3 Å². The van der Waals surface area contributed by atoms with Crippen molar-refractivity contribution in [1.29, 1.82) is 0 Å². The minimum Gasteiger partial charge on any atom is -0.377 e. The predicted octanol–water partition coefficient (Wildman–Crippen LogP) is 4.09. The van der Waals surface area contributed by atoms with Crippen LogP contribution in [0.3, 0.4) is 0 Å². The van der Waals surface area contributed by atoms with Crippen LogP contribution in [0.2, 0.25) is 0 Å². The molecule has 0 atom stereocenters. The maximum absolute atomic E-state index is 12.3. The molecule has 3 heterocycles. The summed E-state index contributed by atoms with van der Waals surface area (Å²) in [5, 5.41) is 13.2. The SMILES string of the molecule is CN1CCC(O)(C#Cc2ccn3c(-c4cccc(NC(=O)CCC(F)(F)F)c4)cnc3c2)CC1. The summed E-state index contributed by atoms with van der Waals surface area (Å²) in [6.07, 6.45) is -1.43. The van der Waals surface area contributed by atoms with E-state index in [4.69, 9.17) is 0 Å². The van der Waals surface area contributed by atoms with Gasteiger partial charge in [-0.05, 0) is 31.3 Å². The van der Waals surface area contributed by atoms with Gasteiger partial charge in [0.2, 0.25) is 5.91 Å². The van der Waals surface area contributed by atoms with E-state index in [0.717, 1.165) is 29.9 Å². The highest BCUT2D eigenvalue weighted by molar-refractivity contribution is 5.91. The van der Waals surface area contributed by atoms with Gasteiger partial charge in [0.05, 0.1) is 18.3 Å². The third kappa shape index (κ3) is 5.95. The predicted molar refractivity (Wildman–Crippen MR) is 123 cm³/mol. The minimum atomic E-state index is -4.37. The molecule has 0 radical (unpaired) electrons. The number of fused-ring (bicyclic) bond motifs is 1. The summed E-state index contributed by atoms with van der Waals surface area (Å²) in [5.74, 6) is 5.39. The van der Waals surface area contributed by atoms with Crippen molar-refractivity contribution in [3.05, 3.63) is 54.4 Å². The van der Waals surface area contributed by atoms with Gasteiger partial charge in [0.15, 0.2) is 0 Å². The minimum absolute atomic E-state index is 0.411. The van der Waals surface area contributed by atoms with Crippen LogP contribution < -0.4 is 5.32 Å². The third-order valence-electron chi connectivity index (χ3n) is 5.84. The lowest BCUT2D eigenvalue weighted by Crippen LogP contribution is -2.41. The molecule has 178 valence electrons. The second-order valence-electron chi connectivity index (χ2n) is 8.62. The fourth-order valence-corrected chi connectivity index (χ4v) is 3.81. The molecule has 9 heteroatoms. The van der Waals surface area contributed by atoms with Crippen LogP contribution in [0.25, 0.3) is 16.9 Å². The number of imidazole rings is 1. The van der Waals surface area contributed by atoms with E-state index in [-0.39, 0.29) is 0 Å².